The fourth-order valence-electron chi connectivity index (χ4n) is 2.41. The maximum atomic E-state index is 11.8. The van der Waals surface area contributed by atoms with E-state index in [9.17, 15) is 9.90 Å². The monoisotopic (exact) mass is 422 g/mol. The van der Waals surface area contributed by atoms with Crippen molar-refractivity contribution in [2.75, 3.05) is 0 Å². The SMILES string of the molecule is CCC/C(=C(/C)C(=O)O)[Si](O[Si](C)(C)C)(O[Si](C)(C)C)O[Si](C)(C)C. The smallest absolute Gasteiger partial charge is 0.478 e. The van der Waals surface area contributed by atoms with Crippen LogP contribution in [0, 0.1) is 0 Å². The standard InChI is InChI=1S/C16H38O5Si4/c1-12-13-15(14(2)16(17)18)25(19-22(3,4)5,20-23(6,7)8)21-24(9,10)11/h12-13H2,1-11H3,(H,17,18)/b15-14+. The van der Waals surface area contributed by atoms with Gasteiger partial charge in [0.05, 0.1) is 0 Å². The minimum Gasteiger partial charge on any atom is -0.478 e. The van der Waals surface area contributed by atoms with E-state index in [1.807, 2.05) is 6.92 Å². The minimum absolute atomic E-state index is 0.322. The second-order valence-electron chi connectivity index (χ2n) is 9.36. The van der Waals surface area contributed by atoms with Crippen LogP contribution >= 0.6 is 0 Å². The van der Waals surface area contributed by atoms with Crippen molar-refractivity contribution in [3.63, 3.8) is 0 Å². The minimum atomic E-state index is -3.29. The van der Waals surface area contributed by atoms with Crippen LogP contribution in [0.15, 0.2) is 10.8 Å². The van der Waals surface area contributed by atoms with Crippen molar-refractivity contribution in [2.45, 2.75) is 85.6 Å². The third kappa shape index (κ3) is 9.45. The zero-order chi connectivity index (χ0) is 20.3. The maximum Gasteiger partial charge on any atom is 0.502 e. The highest BCUT2D eigenvalue weighted by molar-refractivity contribution is 6.93. The molecule has 9 heteroatoms. The molecule has 0 aromatic carbocycles. The van der Waals surface area contributed by atoms with Gasteiger partial charge in [-0.1, -0.05) is 13.3 Å². The first-order chi connectivity index (χ1) is 10.9. The molecule has 25 heavy (non-hydrogen) atoms. The molecule has 0 aromatic rings. The normalized spacial score (nSPS) is 15.2. The van der Waals surface area contributed by atoms with Gasteiger partial charge in [-0.3, -0.25) is 0 Å². The molecule has 0 atom stereocenters. The number of allylic oxidation sites excluding steroid dienone is 1. The zero-order valence-corrected chi connectivity index (χ0v) is 22.0. The van der Waals surface area contributed by atoms with E-state index < -0.39 is 39.7 Å². The fraction of sp³-hybridized carbons (Fsp3) is 0.812. The second kappa shape index (κ2) is 8.76. The number of carboxylic acid groups (broad SMARTS) is 1. The zero-order valence-electron chi connectivity index (χ0n) is 18.0. The molecule has 5 nitrogen and oxygen atoms in total. The van der Waals surface area contributed by atoms with Crippen molar-refractivity contribution >= 4 is 39.7 Å². The van der Waals surface area contributed by atoms with Crippen LogP contribution in [0.1, 0.15) is 26.7 Å². The molecular weight excluding hydrogens is 385 g/mol. The molecule has 0 rings (SSSR count). The molecule has 0 bridgehead atoms. The molecule has 0 aromatic heterocycles. The summed E-state index contributed by atoms with van der Waals surface area (Å²) in [7, 11) is -9.40. The van der Waals surface area contributed by atoms with Gasteiger partial charge in [0.2, 0.25) is 0 Å². The summed E-state index contributed by atoms with van der Waals surface area (Å²) in [5.41, 5.74) is 0.322. The summed E-state index contributed by atoms with van der Waals surface area (Å²) in [6.45, 7) is 22.7. The van der Waals surface area contributed by atoms with E-state index in [-0.39, 0.29) is 0 Å². The van der Waals surface area contributed by atoms with Crippen molar-refractivity contribution in [3.05, 3.63) is 10.8 Å². The van der Waals surface area contributed by atoms with E-state index in [1.165, 1.54) is 0 Å². The summed E-state index contributed by atoms with van der Waals surface area (Å²) in [4.78, 5) is 11.8. The van der Waals surface area contributed by atoms with Crippen LogP contribution < -0.4 is 0 Å². The molecule has 1 N–H and O–H groups in total. The first-order valence-electron chi connectivity index (χ1n) is 8.96. The number of aliphatic carboxylic acids is 1. The number of carbonyl (C=O) groups is 1. The summed E-state index contributed by atoms with van der Waals surface area (Å²) < 4.78 is 19.9. The van der Waals surface area contributed by atoms with Crippen molar-refractivity contribution < 1.29 is 22.2 Å². The highest BCUT2D eigenvalue weighted by Gasteiger charge is 2.54. The van der Waals surface area contributed by atoms with E-state index in [0.29, 0.717) is 12.0 Å². The van der Waals surface area contributed by atoms with E-state index >= 15 is 0 Å². The van der Waals surface area contributed by atoms with E-state index in [0.717, 1.165) is 11.6 Å². The molecule has 0 aliphatic carbocycles. The van der Waals surface area contributed by atoms with Crippen LogP contribution in [0.3, 0.4) is 0 Å². The van der Waals surface area contributed by atoms with Crippen LogP contribution in [-0.2, 0) is 17.1 Å². The third-order valence-electron chi connectivity index (χ3n) is 2.96. The van der Waals surface area contributed by atoms with Gasteiger partial charge < -0.3 is 17.5 Å². The predicted molar refractivity (Wildman–Crippen MR) is 114 cm³/mol. The quantitative estimate of drug-likeness (QED) is 0.386. The van der Waals surface area contributed by atoms with Crippen molar-refractivity contribution in [1.29, 1.82) is 0 Å². The first-order valence-corrected chi connectivity index (χ1v) is 20.9. The fourth-order valence-corrected chi connectivity index (χ4v) is 16.3. The molecular formula is C16H38O5Si4. The molecule has 0 saturated carbocycles. The summed E-state index contributed by atoms with van der Waals surface area (Å²) in [6, 6.07) is 0. The number of hydrogen-bond donors (Lipinski definition) is 1. The molecule has 0 fully saturated rings. The Labute approximate surface area is 158 Å². The Balaban J connectivity index is 6.65. The molecule has 0 unspecified atom stereocenters. The lowest BCUT2D eigenvalue weighted by Crippen LogP contribution is -2.62. The summed E-state index contributed by atoms with van der Waals surface area (Å²) >= 11 is 0. The van der Waals surface area contributed by atoms with E-state index in [2.05, 4.69) is 58.9 Å². The molecule has 0 aliphatic heterocycles. The summed E-state index contributed by atoms with van der Waals surface area (Å²) in [6.07, 6.45) is 1.46. The largest absolute Gasteiger partial charge is 0.502 e. The van der Waals surface area contributed by atoms with Crippen LogP contribution in [0.2, 0.25) is 58.9 Å². The van der Waals surface area contributed by atoms with E-state index in [1.54, 1.807) is 6.92 Å². The van der Waals surface area contributed by atoms with Gasteiger partial charge in [-0.05, 0) is 72.3 Å². The van der Waals surface area contributed by atoms with Crippen LogP contribution in [0.4, 0.5) is 0 Å². The average Bonchev–Trinajstić information content (AvgIpc) is 2.27. The molecule has 0 heterocycles. The van der Waals surface area contributed by atoms with Crippen LogP contribution in [-0.4, -0.2) is 44.8 Å². The van der Waals surface area contributed by atoms with Gasteiger partial charge in [0, 0.05) is 10.8 Å². The molecule has 0 aliphatic rings. The Kier molecular flexibility index (Phi) is 8.75. The average molecular weight is 423 g/mol. The van der Waals surface area contributed by atoms with Gasteiger partial charge in [-0.15, -0.1) is 0 Å². The lowest BCUT2D eigenvalue weighted by Gasteiger charge is -2.44. The Morgan fingerprint density at radius 2 is 1.12 bits per heavy atom. The Morgan fingerprint density at radius 1 is 0.800 bits per heavy atom. The molecule has 148 valence electrons. The van der Waals surface area contributed by atoms with Crippen LogP contribution in [0.5, 0.6) is 0 Å². The van der Waals surface area contributed by atoms with Gasteiger partial charge in [0.15, 0.2) is 25.0 Å². The Bertz CT molecular complexity index is 457. The number of carboxylic acids is 1. The predicted octanol–water partition coefficient (Wildman–Crippen LogP) is 5.22. The molecule has 0 saturated heterocycles. The molecule has 0 amide bonds. The summed E-state index contributed by atoms with van der Waals surface area (Å²) in [5, 5.41) is 10.4. The lowest BCUT2D eigenvalue weighted by molar-refractivity contribution is -0.132. The number of hydrogen-bond acceptors (Lipinski definition) is 4. The van der Waals surface area contributed by atoms with Gasteiger partial charge in [-0.25, -0.2) is 4.79 Å². The van der Waals surface area contributed by atoms with Gasteiger partial charge in [-0.2, -0.15) is 0 Å². The van der Waals surface area contributed by atoms with E-state index in [4.69, 9.17) is 12.3 Å². The van der Waals surface area contributed by atoms with Crippen molar-refractivity contribution in [1.82, 2.24) is 0 Å². The van der Waals surface area contributed by atoms with Crippen molar-refractivity contribution in [2.24, 2.45) is 0 Å². The highest BCUT2D eigenvalue weighted by Crippen LogP contribution is 2.35. The first kappa shape index (κ1) is 25.0. The lowest BCUT2D eigenvalue weighted by atomic mass is 10.2. The molecule has 0 radical (unpaired) electrons. The van der Waals surface area contributed by atoms with Crippen LogP contribution in [0.25, 0.3) is 0 Å². The maximum absolute atomic E-state index is 11.8. The molecule has 0 spiro atoms. The van der Waals surface area contributed by atoms with Gasteiger partial charge in [0.25, 0.3) is 0 Å². The summed E-state index contributed by atoms with van der Waals surface area (Å²) in [5.74, 6) is -0.919. The Morgan fingerprint density at radius 3 is 1.32 bits per heavy atom. The van der Waals surface area contributed by atoms with Gasteiger partial charge >= 0.3 is 14.8 Å². The van der Waals surface area contributed by atoms with Gasteiger partial charge in [0.1, 0.15) is 0 Å². The van der Waals surface area contributed by atoms with Crippen molar-refractivity contribution in [3.8, 4) is 0 Å². The third-order valence-corrected chi connectivity index (χ3v) is 14.9. The Hall–Kier alpha value is -0.0425. The number of rotatable bonds is 10. The highest BCUT2D eigenvalue weighted by atomic mass is 28.5. The second-order valence-corrected chi connectivity index (χ2v) is 26.2. The topological polar surface area (TPSA) is 65.0 Å².